The number of nitrogens with zero attached hydrogens (tertiary/aromatic N) is 2. The van der Waals surface area contributed by atoms with Gasteiger partial charge in [0.2, 0.25) is 6.41 Å². The second-order valence-electron chi connectivity index (χ2n) is 6.68. The highest BCUT2D eigenvalue weighted by molar-refractivity contribution is 5.73. The molecule has 1 unspecified atom stereocenters. The third-order valence-electron chi connectivity index (χ3n) is 4.60. The second kappa shape index (κ2) is 7.99. The monoisotopic (exact) mass is 335 g/mol. The van der Waals surface area contributed by atoms with Crippen molar-refractivity contribution >= 4 is 18.2 Å². The Labute approximate surface area is 149 Å². The van der Waals surface area contributed by atoms with Crippen LogP contribution < -0.4 is 5.32 Å². The van der Waals surface area contributed by atoms with E-state index in [1.165, 1.54) is 16.7 Å². The predicted molar refractivity (Wildman–Crippen MR) is 103 cm³/mol. The van der Waals surface area contributed by atoms with Crippen molar-refractivity contribution in [2.24, 2.45) is 0 Å². The van der Waals surface area contributed by atoms with Gasteiger partial charge in [-0.2, -0.15) is 0 Å². The molecule has 1 amide bonds. The van der Waals surface area contributed by atoms with Crippen molar-refractivity contribution in [3.05, 3.63) is 71.4 Å². The maximum Gasteiger partial charge on any atom is 0.211 e. The van der Waals surface area contributed by atoms with Crippen molar-refractivity contribution < 1.29 is 4.79 Å². The number of amides is 1. The fourth-order valence-electron chi connectivity index (χ4n) is 3.27. The molecule has 1 heterocycles. The lowest BCUT2D eigenvalue weighted by atomic mass is 9.97. The largest absolute Gasteiger partial charge is 0.366 e. The van der Waals surface area contributed by atoms with Gasteiger partial charge >= 0.3 is 0 Å². The SMILES string of the molecule is CN(C)CCC(c1ccccc1)N1C=Cc2cc(NC=O)ccc2C1. The molecule has 0 aliphatic carbocycles. The smallest absolute Gasteiger partial charge is 0.211 e. The topological polar surface area (TPSA) is 35.6 Å². The zero-order valence-electron chi connectivity index (χ0n) is 14.9. The summed E-state index contributed by atoms with van der Waals surface area (Å²) in [6, 6.07) is 17.1. The molecule has 4 nitrogen and oxygen atoms in total. The molecule has 0 radical (unpaired) electrons. The van der Waals surface area contributed by atoms with Gasteiger partial charge in [-0.1, -0.05) is 36.4 Å². The molecule has 1 N–H and O–H groups in total. The van der Waals surface area contributed by atoms with Crippen LogP contribution in [-0.4, -0.2) is 36.9 Å². The molecule has 0 spiro atoms. The van der Waals surface area contributed by atoms with Crippen LogP contribution in [0, 0.1) is 0 Å². The van der Waals surface area contributed by atoms with Crippen LogP contribution >= 0.6 is 0 Å². The van der Waals surface area contributed by atoms with Crippen LogP contribution in [-0.2, 0) is 11.3 Å². The average molecular weight is 335 g/mol. The first-order chi connectivity index (χ1) is 12.2. The van der Waals surface area contributed by atoms with Crippen molar-refractivity contribution in [3.8, 4) is 0 Å². The van der Waals surface area contributed by atoms with Crippen molar-refractivity contribution in [1.29, 1.82) is 0 Å². The molecule has 1 aliphatic heterocycles. The first kappa shape index (κ1) is 17.2. The van der Waals surface area contributed by atoms with E-state index >= 15 is 0 Å². The Hall–Kier alpha value is -2.59. The normalized spacial score (nSPS) is 14.3. The van der Waals surface area contributed by atoms with Crippen LogP contribution in [0.5, 0.6) is 0 Å². The number of nitrogens with one attached hydrogen (secondary N) is 1. The predicted octanol–water partition coefficient (Wildman–Crippen LogP) is 3.73. The van der Waals surface area contributed by atoms with E-state index in [4.69, 9.17) is 0 Å². The van der Waals surface area contributed by atoms with E-state index in [-0.39, 0.29) is 0 Å². The fraction of sp³-hybridized carbons (Fsp3) is 0.286. The highest BCUT2D eigenvalue weighted by atomic mass is 16.1. The van der Waals surface area contributed by atoms with Gasteiger partial charge in [-0.05, 0) is 62.0 Å². The quantitative estimate of drug-likeness (QED) is 0.783. The van der Waals surface area contributed by atoms with Crippen LogP contribution in [0.4, 0.5) is 5.69 Å². The Morgan fingerprint density at radius 2 is 2.00 bits per heavy atom. The average Bonchev–Trinajstić information content (AvgIpc) is 2.63. The zero-order valence-corrected chi connectivity index (χ0v) is 14.9. The summed E-state index contributed by atoms with van der Waals surface area (Å²) < 4.78 is 0. The molecule has 3 rings (SSSR count). The summed E-state index contributed by atoms with van der Waals surface area (Å²) in [5.74, 6) is 0. The Morgan fingerprint density at radius 1 is 1.20 bits per heavy atom. The third kappa shape index (κ3) is 4.28. The first-order valence-electron chi connectivity index (χ1n) is 8.64. The molecule has 1 atom stereocenters. The Balaban J connectivity index is 1.83. The van der Waals surface area contributed by atoms with Crippen molar-refractivity contribution in [1.82, 2.24) is 9.80 Å². The minimum Gasteiger partial charge on any atom is -0.366 e. The third-order valence-corrected chi connectivity index (χ3v) is 4.60. The van der Waals surface area contributed by atoms with Crippen molar-refractivity contribution in [2.75, 3.05) is 26.0 Å². The summed E-state index contributed by atoms with van der Waals surface area (Å²) in [6.45, 7) is 1.92. The molecule has 0 saturated carbocycles. The maximum absolute atomic E-state index is 10.6. The summed E-state index contributed by atoms with van der Waals surface area (Å²) in [5, 5.41) is 2.72. The van der Waals surface area contributed by atoms with Gasteiger partial charge in [0.25, 0.3) is 0 Å². The summed E-state index contributed by atoms with van der Waals surface area (Å²) in [7, 11) is 4.23. The number of benzene rings is 2. The highest BCUT2D eigenvalue weighted by Crippen LogP contribution is 2.31. The number of carbonyl (C=O) groups excluding carboxylic acids is 1. The second-order valence-corrected chi connectivity index (χ2v) is 6.68. The zero-order chi connectivity index (χ0) is 17.6. The van der Waals surface area contributed by atoms with E-state index in [1.807, 2.05) is 12.1 Å². The molecule has 25 heavy (non-hydrogen) atoms. The number of hydrogen-bond donors (Lipinski definition) is 1. The summed E-state index contributed by atoms with van der Waals surface area (Å²) >= 11 is 0. The van der Waals surface area contributed by atoms with Gasteiger partial charge in [0.15, 0.2) is 0 Å². The Kier molecular flexibility index (Phi) is 5.51. The van der Waals surface area contributed by atoms with Crippen molar-refractivity contribution in [2.45, 2.75) is 19.0 Å². The molecular weight excluding hydrogens is 310 g/mol. The molecule has 0 aromatic heterocycles. The van der Waals surface area contributed by atoms with E-state index in [0.717, 1.165) is 25.2 Å². The lowest BCUT2D eigenvalue weighted by Crippen LogP contribution is -2.28. The summed E-state index contributed by atoms with van der Waals surface area (Å²) in [6.07, 6.45) is 6.11. The van der Waals surface area contributed by atoms with Gasteiger partial charge in [-0.3, -0.25) is 4.79 Å². The molecule has 130 valence electrons. The van der Waals surface area contributed by atoms with E-state index < -0.39 is 0 Å². The molecule has 0 fully saturated rings. The summed E-state index contributed by atoms with van der Waals surface area (Å²) in [4.78, 5) is 15.3. The molecule has 4 heteroatoms. The van der Waals surface area contributed by atoms with Crippen LogP contribution in [0.15, 0.2) is 54.7 Å². The van der Waals surface area contributed by atoms with Crippen LogP contribution in [0.25, 0.3) is 6.08 Å². The standard InChI is InChI=1S/C21H25N3O/c1-23(2)12-11-21(17-6-4-3-5-7-17)24-13-10-18-14-20(22-16-25)9-8-19(18)15-24/h3-10,13-14,16,21H,11-12,15H2,1-2H3,(H,22,25). The Morgan fingerprint density at radius 3 is 2.72 bits per heavy atom. The number of fused-ring (bicyclic) bond motifs is 1. The number of hydrogen-bond acceptors (Lipinski definition) is 3. The molecular formula is C21H25N3O. The van der Waals surface area contributed by atoms with Crippen molar-refractivity contribution in [3.63, 3.8) is 0 Å². The van der Waals surface area contributed by atoms with Gasteiger partial charge in [0, 0.05) is 18.4 Å². The lowest BCUT2D eigenvalue weighted by Gasteiger charge is -2.34. The summed E-state index contributed by atoms with van der Waals surface area (Å²) in [5.41, 5.74) is 4.63. The minimum atomic E-state index is 0.348. The maximum atomic E-state index is 10.6. The number of carbonyl (C=O) groups is 1. The van der Waals surface area contributed by atoms with Gasteiger partial charge in [-0.25, -0.2) is 0 Å². The first-order valence-corrected chi connectivity index (χ1v) is 8.64. The van der Waals surface area contributed by atoms with Gasteiger partial charge in [0.1, 0.15) is 0 Å². The van der Waals surface area contributed by atoms with Crippen LogP contribution in [0.1, 0.15) is 29.2 Å². The molecule has 0 bridgehead atoms. The molecule has 2 aromatic carbocycles. The van der Waals surface area contributed by atoms with Crippen LogP contribution in [0.2, 0.25) is 0 Å². The highest BCUT2D eigenvalue weighted by Gasteiger charge is 2.21. The van der Waals surface area contributed by atoms with E-state index in [0.29, 0.717) is 12.5 Å². The van der Waals surface area contributed by atoms with E-state index in [2.05, 4.69) is 77.9 Å². The minimum absolute atomic E-state index is 0.348. The Bertz CT molecular complexity index is 740. The van der Waals surface area contributed by atoms with Gasteiger partial charge in [-0.15, -0.1) is 0 Å². The van der Waals surface area contributed by atoms with Gasteiger partial charge < -0.3 is 15.1 Å². The number of anilines is 1. The lowest BCUT2D eigenvalue weighted by molar-refractivity contribution is -0.105. The molecule has 1 aliphatic rings. The fourth-order valence-corrected chi connectivity index (χ4v) is 3.27. The molecule has 0 saturated heterocycles. The van der Waals surface area contributed by atoms with E-state index in [1.54, 1.807) is 0 Å². The number of rotatable bonds is 7. The van der Waals surface area contributed by atoms with E-state index in [9.17, 15) is 4.79 Å². The van der Waals surface area contributed by atoms with Gasteiger partial charge in [0.05, 0.1) is 6.04 Å². The van der Waals surface area contributed by atoms with Crippen LogP contribution in [0.3, 0.4) is 0 Å². The molecule has 2 aromatic rings.